The summed E-state index contributed by atoms with van der Waals surface area (Å²) >= 11 is 5.18. The van der Waals surface area contributed by atoms with Crippen LogP contribution in [0.3, 0.4) is 0 Å². The van der Waals surface area contributed by atoms with Gasteiger partial charge in [0.05, 0.1) is 10.7 Å². The predicted molar refractivity (Wildman–Crippen MR) is 69.9 cm³/mol. The Labute approximate surface area is 107 Å². The van der Waals surface area contributed by atoms with Gasteiger partial charge in [0.25, 0.3) is 0 Å². The maximum absolute atomic E-state index is 8.82. The van der Waals surface area contributed by atoms with E-state index in [1.165, 1.54) is 5.56 Å². The number of nitrogens with zero attached hydrogens (tertiary/aromatic N) is 1. The number of aliphatic hydroxyl groups excluding tert-OH is 1. The van der Waals surface area contributed by atoms with Gasteiger partial charge >= 0.3 is 0 Å². The Morgan fingerprint density at radius 1 is 1.31 bits per heavy atom. The highest BCUT2D eigenvalue weighted by molar-refractivity contribution is 9.10. The Morgan fingerprint density at radius 2 is 2.12 bits per heavy atom. The fraction of sp³-hybridized carbons (Fsp3) is 0.250. The number of halogens is 1. The third-order valence-corrected chi connectivity index (χ3v) is 3.94. The molecule has 0 saturated heterocycles. The molecular formula is C12H12BrNOS. The normalized spacial score (nSPS) is 10.6. The van der Waals surface area contributed by atoms with E-state index in [4.69, 9.17) is 5.11 Å². The van der Waals surface area contributed by atoms with Crippen LogP contribution in [-0.4, -0.2) is 16.7 Å². The molecule has 2 rings (SSSR count). The van der Waals surface area contributed by atoms with Crippen LogP contribution in [-0.2, 0) is 12.8 Å². The number of aromatic nitrogens is 1. The molecule has 0 fully saturated rings. The van der Waals surface area contributed by atoms with Crippen molar-refractivity contribution in [2.45, 2.75) is 12.8 Å². The van der Waals surface area contributed by atoms with Gasteiger partial charge in [-0.3, -0.25) is 0 Å². The maximum atomic E-state index is 8.82. The van der Waals surface area contributed by atoms with E-state index in [1.807, 2.05) is 23.6 Å². The molecule has 2 nitrogen and oxygen atoms in total. The van der Waals surface area contributed by atoms with Crippen molar-refractivity contribution in [3.8, 4) is 0 Å². The molecule has 0 spiro atoms. The SMILES string of the molecule is OCCc1csc(Cc2ccccc2Br)n1. The zero-order chi connectivity index (χ0) is 11.4. The van der Waals surface area contributed by atoms with Crippen molar-refractivity contribution in [3.05, 3.63) is 50.4 Å². The number of thiazole rings is 1. The van der Waals surface area contributed by atoms with E-state index in [0.717, 1.165) is 21.6 Å². The first-order chi connectivity index (χ1) is 7.79. The summed E-state index contributed by atoms with van der Waals surface area (Å²) in [5.74, 6) is 0. The molecule has 0 saturated carbocycles. The highest BCUT2D eigenvalue weighted by Crippen LogP contribution is 2.21. The van der Waals surface area contributed by atoms with Crippen molar-refractivity contribution in [1.82, 2.24) is 4.98 Å². The van der Waals surface area contributed by atoms with Crippen molar-refractivity contribution >= 4 is 27.3 Å². The Balaban J connectivity index is 2.11. The van der Waals surface area contributed by atoms with Crippen LogP contribution >= 0.6 is 27.3 Å². The van der Waals surface area contributed by atoms with Crippen LogP contribution in [0.5, 0.6) is 0 Å². The number of hydrogen-bond acceptors (Lipinski definition) is 3. The van der Waals surface area contributed by atoms with Gasteiger partial charge in [0.15, 0.2) is 0 Å². The molecule has 4 heteroatoms. The minimum atomic E-state index is 0.165. The zero-order valence-corrected chi connectivity index (χ0v) is 11.1. The van der Waals surface area contributed by atoms with Crippen LogP contribution < -0.4 is 0 Å². The zero-order valence-electron chi connectivity index (χ0n) is 8.69. The molecule has 2 aromatic rings. The van der Waals surface area contributed by atoms with Crippen molar-refractivity contribution in [2.75, 3.05) is 6.61 Å². The van der Waals surface area contributed by atoms with E-state index in [2.05, 4.69) is 27.0 Å². The number of aliphatic hydroxyl groups is 1. The molecule has 84 valence electrons. The van der Waals surface area contributed by atoms with E-state index in [-0.39, 0.29) is 6.61 Å². The van der Waals surface area contributed by atoms with Crippen molar-refractivity contribution in [1.29, 1.82) is 0 Å². The van der Waals surface area contributed by atoms with E-state index in [0.29, 0.717) is 6.42 Å². The fourth-order valence-electron chi connectivity index (χ4n) is 1.46. The second-order valence-corrected chi connectivity index (χ2v) is 5.27. The van der Waals surface area contributed by atoms with Gasteiger partial charge in [0.1, 0.15) is 0 Å². The van der Waals surface area contributed by atoms with E-state index < -0.39 is 0 Å². The second kappa shape index (κ2) is 5.57. The standard InChI is InChI=1S/C12H12BrNOS/c13-11-4-2-1-3-9(11)7-12-14-10(5-6-15)8-16-12/h1-4,8,15H,5-7H2. The molecule has 0 radical (unpaired) electrons. The van der Waals surface area contributed by atoms with Crippen LogP contribution in [0, 0.1) is 0 Å². The van der Waals surface area contributed by atoms with Crippen LogP contribution in [0.25, 0.3) is 0 Å². The monoisotopic (exact) mass is 297 g/mol. The molecule has 16 heavy (non-hydrogen) atoms. The average molecular weight is 298 g/mol. The molecule has 0 aliphatic heterocycles. The number of benzene rings is 1. The van der Waals surface area contributed by atoms with Crippen LogP contribution in [0.4, 0.5) is 0 Å². The summed E-state index contributed by atoms with van der Waals surface area (Å²) in [5.41, 5.74) is 2.22. The molecule has 0 unspecified atom stereocenters. The van der Waals surface area contributed by atoms with Crippen molar-refractivity contribution < 1.29 is 5.11 Å². The molecule has 1 aromatic heterocycles. The molecular weight excluding hydrogens is 286 g/mol. The van der Waals surface area contributed by atoms with Gasteiger partial charge in [0.2, 0.25) is 0 Å². The first-order valence-corrected chi connectivity index (χ1v) is 6.74. The molecule has 0 amide bonds. The number of hydrogen-bond donors (Lipinski definition) is 1. The first kappa shape index (κ1) is 11.8. The topological polar surface area (TPSA) is 33.1 Å². The van der Waals surface area contributed by atoms with Crippen molar-refractivity contribution in [2.24, 2.45) is 0 Å². The summed E-state index contributed by atoms with van der Waals surface area (Å²) in [7, 11) is 0. The van der Waals surface area contributed by atoms with E-state index >= 15 is 0 Å². The summed E-state index contributed by atoms with van der Waals surface area (Å²) in [6.07, 6.45) is 1.49. The van der Waals surface area contributed by atoms with Crippen LogP contribution in [0.1, 0.15) is 16.3 Å². The summed E-state index contributed by atoms with van der Waals surface area (Å²) in [6, 6.07) is 8.17. The van der Waals surface area contributed by atoms with Gasteiger partial charge in [-0.25, -0.2) is 4.98 Å². The Kier molecular flexibility index (Phi) is 4.09. The van der Waals surface area contributed by atoms with Gasteiger partial charge in [-0.2, -0.15) is 0 Å². The first-order valence-electron chi connectivity index (χ1n) is 5.07. The minimum absolute atomic E-state index is 0.165. The van der Waals surface area contributed by atoms with Gasteiger partial charge in [-0.05, 0) is 11.6 Å². The summed E-state index contributed by atoms with van der Waals surface area (Å²) < 4.78 is 1.12. The summed E-state index contributed by atoms with van der Waals surface area (Å²) in [6.45, 7) is 0.165. The fourth-order valence-corrected chi connectivity index (χ4v) is 2.74. The van der Waals surface area contributed by atoms with Gasteiger partial charge in [-0.1, -0.05) is 34.1 Å². The summed E-state index contributed by atoms with van der Waals surface area (Å²) in [4.78, 5) is 4.47. The van der Waals surface area contributed by atoms with Gasteiger partial charge < -0.3 is 5.11 Å². The second-order valence-electron chi connectivity index (χ2n) is 3.47. The molecule has 1 N–H and O–H groups in total. The number of rotatable bonds is 4. The lowest BCUT2D eigenvalue weighted by Gasteiger charge is -2.00. The third-order valence-electron chi connectivity index (χ3n) is 2.27. The van der Waals surface area contributed by atoms with Crippen LogP contribution in [0.15, 0.2) is 34.1 Å². The lowest BCUT2D eigenvalue weighted by Crippen LogP contribution is -1.93. The lowest BCUT2D eigenvalue weighted by molar-refractivity contribution is 0.298. The van der Waals surface area contributed by atoms with E-state index in [1.54, 1.807) is 11.3 Å². The third kappa shape index (κ3) is 2.90. The van der Waals surface area contributed by atoms with Gasteiger partial charge in [0, 0.05) is 29.3 Å². The Morgan fingerprint density at radius 3 is 2.88 bits per heavy atom. The highest BCUT2D eigenvalue weighted by Gasteiger charge is 2.05. The molecule has 1 heterocycles. The molecule has 0 atom stereocenters. The molecule has 1 aromatic carbocycles. The molecule has 0 aliphatic carbocycles. The largest absolute Gasteiger partial charge is 0.396 e. The molecule has 0 bridgehead atoms. The Bertz CT molecular complexity index is 470. The smallest absolute Gasteiger partial charge is 0.0972 e. The average Bonchev–Trinajstić information content (AvgIpc) is 2.70. The minimum Gasteiger partial charge on any atom is -0.396 e. The van der Waals surface area contributed by atoms with Crippen molar-refractivity contribution in [3.63, 3.8) is 0 Å². The summed E-state index contributed by atoms with van der Waals surface area (Å²) in [5, 5.41) is 11.9. The van der Waals surface area contributed by atoms with Crippen LogP contribution in [0.2, 0.25) is 0 Å². The van der Waals surface area contributed by atoms with E-state index in [9.17, 15) is 0 Å². The predicted octanol–water partition coefficient (Wildman–Crippen LogP) is 3.03. The maximum Gasteiger partial charge on any atom is 0.0972 e. The lowest BCUT2D eigenvalue weighted by atomic mass is 10.2. The molecule has 0 aliphatic rings. The quantitative estimate of drug-likeness (QED) is 0.941. The highest BCUT2D eigenvalue weighted by atomic mass is 79.9. The Hall–Kier alpha value is -0.710. The van der Waals surface area contributed by atoms with Gasteiger partial charge in [-0.15, -0.1) is 11.3 Å².